The van der Waals surface area contributed by atoms with Gasteiger partial charge in [0.25, 0.3) is 0 Å². The summed E-state index contributed by atoms with van der Waals surface area (Å²) in [6.45, 7) is 40.4. The molecule has 1 heterocycles. The molecule has 0 saturated heterocycles. The largest absolute Gasteiger partial charge is 1.00 e. The Labute approximate surface area is 901 Å². The number of halogens is 7. The van der Waals surface area contributed by atoms with E-state index >= 15 is 0 Å². The average Bonchev–Trinajstić information content (AvgIpc) is 0.800. The van der Waals surface area contributed by atoms with E-state index in [-0.39, 0.29) is 73.9 Å². The summed E-state index contributed by atoms with van der Waals surface area (Å²) in [5.74, 6) is -0.176. The van der Waals surface area contributed by atoms with Gasteiger partial charge in [0.2, 0.25) is 5.88 Å². The fraction of sp³-hybridized carbons (Fsp3) is 0.364. The number of hydrogen-bond acceptors (Lipinski definition) is 22. The Kier molecular flexibility index (Phi) is 67.8. The maximum absolute atomic E-state index is 11.6. The number of esters is 5. The Bertz CT molecular complexity index is 5590. The molecule has 0 bridgehead atoms. The summed E-state index contributed by atoms with van der Waals surface area (Å²) in [6, 6.07) is 47.4. The summed E-state index contributed by atoms with van der Waals surface area (Å²) >= 11 is 37.2. The van der Waals surface area contributed by atoms with Crippen molar-refractivity contribution in [3.8, 4) is 23.1 Å². The van der Waals surface area contributed by atoms with Gasteiger partial charge < -0.3 is 70.2 Å². The number of aromatic hydroxyl groups is 1. The molecule has 763 valence electrons. The first kappa shape index (κ1) is 134. The molecule has 0 aliphatic carbocycles. The number of Topliss-reactive ketones (excluding diaryl/α,β-unsaturated/α-hetero) is 1. The third-order valence-corrected chi connectivity index (χ3v) is 38.9. The number of unbranched alkanes of at least 4 members (excludes halogenated alkanes) is 3. The summed E-state index contributed by atoms with van der Waals surface area (Å²) < 4.78 is 59.3. The predicted octanol–water partition coefficient (Wildman–Crippen LogP) is 24.7. The topological polar surface area (TPSA) is 337 Å². The van der Waals surface area contributed by atoms with E-state index < -0.39 is 54.3 Å². The van der Waals surface area contributed by atoms with Crippen LogP contribution < -0.4 is 49.5 Å². The summed E-state index contributed by atoms with van der Waals surface area (Å²) in [5.41, 5.74) is 17.8. The van der Waals surface area contributed by atoms with Crippen molar-refractivity contribution in [2.24, 2.45) is 12.8 Å². The molecule has 0 aliphatic heterocycles. The van der Waals surface area contributed by atoms with Crippen LogP contribution in [0.25, 0.3) is 5.76 Å². The number of rotatable bonds is 31. The Morgan fingerprint density at radius 1 is 0.468 bits per heavy atom. The zero-order valence-corrected chi connectivity index (χ0v) is 96.6. The van der Waals surface area contributed by atoms with Gasteiger partial charge >= 0.3 is 185 Å². The van der Waals surface area contributed by atoms with Crippen LogP contribution in [0, 0.1) is 48.5 Å². The van der Waals surface area contributed by atoms with Crippen molar-refractivity contribution in [3.63, 3.8) is 0 Å². The third kappa shape index (κ3) is 45.0. The van der Waals surface area contributed by atoms with E-state index in [0.717, 1.165) is 74.3 Å². The second-order valence-corrected chi connectivity index (χ2v) is 47.6. The van der Waals surface area contributed by atoms with Crippen LogP contribution in [0.4, 0.5) is 0 Å². The Balaban J connectivity index is -0.00000154. The number of phenols is 1. The minimum Gasteiger partial charge on any atom is -1.00 e. The SMILES string of the molecule is C=C(OCC)c1cc(C)c(C(=O)OC)cc1Cl.C=[C](OCC)[Sn]([CH2]CCC)([CH2]CCC)[CH2]CCC.CO.COC(=O)c1cc(Cl)c(Br)cc1C.COC(=O)c1cc(Cl)c(C(C)=O)cc1C.COC(=O)c1cc(Cl)c(C(C)O)cc1C.COC(=O)c1cc(Cl)c(C(C)Oc2ccccc2)cc1C.COc1nn(C)c(C)c1CN.Cc1cc(C(C)Oc2ccccc2)c(Cl)cc1C(=O)O.Oc1ccccc1.[B].[H-].[Na+]. The Morgan fingerprint density at radius 3 is 1.09 bits per heavy atom. The van der Waals surface area contributed by atoms with Gasteiger partial charge in [0, 0.05) is 76.6 Å². The van der Waals surface area contributed by atoms with Gasteiger partial charge in [-0.3, -0.25) is 9.48 Å². The van der Waals surface area contributed by atoms with Gasteiger partial charge in [-0.2, -0.15) is 0 Å². The third-order valence-electron chi connectivity index (χ3n) is 21.1. The molecule has 10 rings (SSSR count). The van der Waals surface area contributed by atoms with Crippen molar-refractivity contribution in [3.05, 3.63) is 321 Å². The van der Waals surface area contributed by atoms with E-state index in [1.807, 2.05) is 128 Å². The number of aromatic nitrogens is 2. The van der Waals surface area contributed by atoms with Gasteiger partial charge in [0.05, 0.1) is 109 Å². The number of carboxylic acids is 1. The van der Waals surface area contributed by atoms with Gasteiger partial charge in [-0.25, -0.2) is 28.8 Å². The zero-order chi connectivity index (χ0) is 106. The number of methoxy groups -OCH3 is 6. The summed E-state index contributed by atoms with van der Waals surface area (Å²) in [6.07, 6.45) is 6.98. The van der Waals surface area contributed by atoms with Crippen molar-refractivity contribution in [1.29, 1.82) is 0 Å². The van der Waals surface area contributed by atoms with Crippen LogP contribution in [0.3, 0.4) is 0 Å². The molecule has 3 atom stereocenters. The maximum atomic E-state index is 11.6. The maximum Gasteiger partial charge on any atom is 1.00 e. The van der Waals surface area contributed by atoms with Crippen LogP contribution in [-0.4, -0.2) is 162 Å². The minimum absolute atomic E-state index is 0. The fourth-order valence-electron chi connectivity index (χ4n) is 13.3. The molecule has 0 fully saturated rings. The molecular weight excluding hydrogens is 2110 g/mol. The Hall–Kier alpha value is -9.08. The fourth-order valence-corrected chi connectivity index (χ4v) is 30.1. The van der Waals surface area contributed by atoms with E-state index in [0.29, 0.717) is 111 Å². The Morgan fingerprint density at radius 2 is 0.780 bits per heavy atom. The van der Waals surface area contributed by atoms with E-state index in [1.54, 1.807) is 112 Å². The second-order valence-electron chi connectivity index (χ2n) is 31.1. The van der Waals surface area contributed by atoms with Crippen molar-refractivity contribution < 1.29 is 132 Å². The van der Waals surface area contributed by atoms with Crippen LogP contribution in [0.15, 0.2) is 185 Å². The number of nitrogens with two attached hydrogens (primary N) is 1. The van der Waals surface area contributed by atoms with Gasteiger partial charge in [0.15, 0.2) is 5.78 Å². The molecule has 0 aliphatic rings. The molecule has 3 radical (unpaired) electrons. The average molecular weight is 2250 g/mol. The molecule has 24 nitrogen and oxygen atoms in total. The van der Waals surface area contributed by atoms with Crippen LogP contribution in [0.2, 0.25) is 43.4 Å². The number of carboxylic acid groups (broad SMARTS) is 1. The quantitative estimate of drug-likeness (QED) is 0.00886. The number of nitrogens with zero attached hydrogens (tertiary/aromatic N) is 2. The van der Waals surface area contributed by atoms with E-state index in [1.165, 1.54) is 116 Å². The van der Waals surface area contributed by atoms with E-state index in [4.69, 9.17) is 119 Å². The van der Waals surface area contributed by atoms with Crippen molar-refractivity contribution in [2.75, 3.05) is 63.0 Å². The predicted molar refractivity (Wildman–Crippen MR) is 572 cm³/mol. The summed E-state index contributed by atoms with van der Waals surface area (Å²) in [4.78, 5) is 79.2. The van der Waals surface area contributed by atoms with E-state index in [9.17, 15) is 38.7 Å². The molecule has 9 aromatic carbocycles. The standard InChI is InChI=1S/C17H17ClO3.C16H15ClO3.C13H15ClO3.C11H13ClO3.C11H11ClO3.C9H8BrClO2.C7H13N3O.C6H6O.C4H7O.3C4H9.CH4O.B.Na.Sn.H/c1-11-9-15(16(18)10-14(11)17(19)20-3)12(2)21-13-7-5-4-6-8-13;1-10-8-14(15(17)9-13(10)16(18)19)11(2)20-12-6-4-3-5-7-12;1-5-17-9(3)11-6-8(2)10(7-12(11)14)13(15)16-4;2*1-6-4-9(7(2)13)10(12)5-8(6)11(14)15-3;1-5-3-7(10)8(11)4-6(5)9(12)13-2;1-5-6(4-8)7(11-3)9-10(5)2;7-6-4-2-1-3-5-6;1-3-5-4-2;3*1-3-4-2;1-2;;;;/h4-10,12H,1-3H3;3-9,11H,1-2H3,(H,18,19);6-7H,3,5H2,1-2,4H3;4-5,7,13H,1-3H3;4-5H,1-3H3;3-4H,1-2H3;4,8H2,1-3H3;1-5,7H;1,4H2,2H3;3*1,3-4H2,2H3;2H,1H3;;;;/q;;;;;;;;;;;;;;+1;;-1. The normalized spacial score (nSPS) is 10.7. The van der Waals surface area contributed by atoms with Gasteiger partial charge in [0.1, 0.15) is 35.2 Å². The molecule has 0 amide bonds. The number of ketones is 1. The number of aliphatic hydroxyl groups excluding tert-OH is 2. The molecule has 0 spiro atoms. The smallest absolute Gasteiger partial charge is 1.00 e. The number of aryl methyl sites for hydroxylation is 7. The van der Waals surface area contributed by atoms with Gasteiger partial charge in [-0.15, -0.1) is 5.10 Å². The molecule has 1 aromatic heterocycles. The molecule has 0 saturated carbocycles. The number of para-hydroxylation sites is 3. The number of ether oxygens (including phenoxy) is 10. The number of hydrogen-bond donors (Lipinski definition) is 5. The number of aromatic carboxylic acids is 1. The van der Waals surface area contributed by atoms with Crippen molar-refractivity contribution >= 4 is 160 Å². The number of benzene rings is 9. The first-order valence-corrected chi connectivity index (χ1v) is 55.2. The van der Waals surface area contributed by atoms with Crippen molar-refractivity contribution in [2.45, 2.75) is 187 Å². The van der Waals surface area contributed by atoms with Crippen molar-refractivity contribution in [1.82, 2.24) is 9.78 Å². The van der Waals surface area contributed by atoms with Gasteiger partial charge in [-0.05, 0) is 229 Å². The second kappa shape index (κ2) is 71.4. The molecule has 141 heavy (non-hydrogen) atoms. The first-order chi connectivity index (χ1) is 65.8. The molecular formula is C107H137BBrCl6N3NaO21Sn. The monoisotopic (exact) mass is 2240 g/mol. The summed E-state index contributed by atoms with van der Waals surface area (Å²) in [5, 5.41) is 40.7. The number of carbonyl (C=O) groups excluding carboxylic acids is 6. The van der Waals surface area contributed by atoms with Crippen LogP contribution in [-0.2, 0) is 46.8 Å². The molecule has 3 unspecified atom stereocenters. The molecule has 10 aromatic rings. The summed E-state index contributed by atoms with van der Waals surface area (Å²) in [7, 11) is 11.1. The molecule has 6 N–H and O–H groups in total. The van der Waals surface area contributed by atoms with Crippen LogP contribution in [0.1, 0.15) is 260 Å². The molecule has 34 heteroatoms. The number of aliphatic hydroxyl groups is 2. The van der Waals surface area contributed by atoms with Crippen LogP contribution in [0.5, 0.6) is 23.1 Å². The number of carbonyl (C=O) groups is 7. The first-order valence-electron chi connectivity index (χ1n) is 44.6. The minimum atomic E-state index is -2.24. The number of phenolic OH excluding ortho intramolecular Hbond substituents is 1. The van der Waals surface area contributed by atoms with E-state index in [2.05, 4.69) is 80.8 Å². The zero-order valence-electron chi connectivity index (χ0n) is 86.6. The van der Waals surface area contributed by atoms with Gasteiger partial charge in [-0.1, -0.05) is 149 Å². The van der Waals surface area contributed by atoms with Crippen LogP contribution >= 0.6 is 85.5 Å².